The third-order valence-corrected chi connectivity index (χ3v) is 6.25. The molecule has 1 unspecified atom stereocenters. The van der Waals surface area contributed by atoms with Gasteiger partial charge in [-0.1, -0.05) is 29.3 Å². The minimum Gasteiger partial charge on any atom is -0.452 e. The standard InChI is InChI=1S/C20H22Cl2N2O5S/c1-12(2)24-30(27,28)16-7-5-15(6-8-16)23-20(26)13(3)29-19(25)11-14-4-9-17(21)18(22)10-14/h4-10,12-13,24H,11H2,1-3H3,(H,23,26). The molecule has 2 aromatic rings. The van der Waals surface area contributed by atoms with Crippen LogP contribution in [-0.4, -0.2) is 32.4 Å². The van der Waals surface area contributed by atoms with Crippen LogP contribution in [0.5, 0.6) is 0 Å². The van der Waals surface area contributed by atoms with Gasteiger partial charge < -0.3 is 10.1 Å². The third kappa shape index (κ3) is 6.98. The van der Waals surface area contributed by atoms with Crippen molar-refractivity contribution in [2.75, 3.05) is 5.32 Å². The molecule has 30 heavy (non-hydrogen) atoms. The second-order valence-electron chi connectivity index (χ2n) is 6.85. The molecule has 0 radical (unpaired) electrons. The molecular weight excluding hydrogens is 451 g/mol. The molecule has 7 nitrogen and oxygen atoms in total. The average Bonchev–Trinajstić information content (AvgIpc) is 2.64. The Hall–Kier alpha value is -2.13. The van der Waals surface area contributed by atoms with E-state index in [1.165, 1.54) is 31.2 Å². The van der Waals surface area contributed by atoms with Crippen molar-refractivity contribution in [3.63, 3.8) is 0 Å². The predicted octanol–water partition coefficient (Wildman–Crippen LogP) is 3.79. The maximum Gasteiger partial charge on any atom is 0.311 e. The van der Waals surface area contributed by atoms with Crippen LogP contribution >= 0.6 is 23.2 Å². The molecule has 0 aliphatic heterocycles. The highest BCUT2D eigenvalue weighted by atomic mass is 35.5. The smallest absolute Gasteiger partial charge is 0.311 e. The topological polar surface area (TPSA) is 102 Å². The van der Waals surface area contributed by atoms with Crippen molar-refractivity contribution in [3.8, 4) is 0 Å². The molecule has 0 saturated heterocycles. The average molecular weight is 473 g/mol. The number of anilines is 1. The van der Waals surface area contributed by atoms with Crippen molar-refractivity contribution in [2.45, 2.75) is 44.2 Å². The number of carbonyl (C=O) groups excluding carboxylic acids is 2. The Balaban J connectivity index is 1.93. The summed E-state index contributed by atoms with van der Waals surface area (Å²) in [4.78, 5) is 24.4. The van der Waals surface area contributed by atoms with Gasteiger partial charge in [0.15, 0.2) is 6.10 Å². The highest BCUT2D eigenvalue weighted by Crippen LogP contribution is 2.23. The van der Waals surface area contributed by atoms with Crippen molar-refractivity contribution < 1.29 is 22.7 Å². The number of rotatable bonds is 8. The molecule has 0 bridgehead atoms. The summed E-state index contributed by atoms with van der Waals surface area (Å²) in [6.45, 7) is 4.88. The lowest BCUT2D eigenvalue weighted by Crippen LogP contribution is -2.31. The molecule has 10 heteroatoms. The van der Waals surface area contributed by atoms with E-state index in [0.29, 0.717) is 21.3 Å². The molecule has 0 heterocycles. The summed E-state index contributed by atoms with van der Waals surface area (Å²) in [5.74, 6) is -1.15. The Labute approximate surface area is 185 Å². The normalized spacial score (nSPS) is 12.5. The highest BCUT2D eigenvalue weighted by Gasteiger charge is 2.19. The molecule has 0 fully saturated rings. The molecule has 0 aliphatic rings. The van der Waals surface area contributed by atoms with Crippen molar-refractivity contribution in [1.82, 2.24) is 4.72 Å². The minimum atomic E-state index is -3.62. The SMILES string of the molecule is CC(C)NS(=O)(=O)c1ccc(NC(=O)C(C)OC(=O)Cc2ccc(Cl)c(Cl)c2)cc1. The molecular formula is C20H22Cl2N2O5S. The zero-order valence-corrected chi connectivity index (χ0v) is 18.9. The van der Waals surface area contributed by atoms with Crippen LogP contribution in [0.1, 0.15) is 26.3 Å². The number of benzene rings is 2. The number of ether oxygens (including phenoxy) is 1. The molecule has 1 atom stereocenters. The van der Waals surface area contributed by atoms with Gasteiger partial charge in [0.2, 0.25) is 10.0 Å². The summed E-state index contributed by atoms with van der Waals surface area (Å²) in [6, 6.07) is 10.2. The van der Waals surface area contributed by atoms with Crippen LogP contribution in [0.3, 0.4) is 0 Å². The van der Waals surface area contributed by atoms with E-state index in [4.69, 9.17) is 27.9 Å². The van der Waals surface area contributed by atoms with Gasteiger partial charge in [-0.25, -0.2) is 13.1 Å². The van der Waals surface area contributed by atoms with E-state index in [-0.39, 0.29) is 17.4 Å². The van der Waals surface area contributed by atoms with E-state index in [9.17, 15) is 18.0 Å². The lowest BCUT2D eigenvalue weighted by atomic mass is 10.1. The maximum absolute atomic E-state index is 12.3. The quantitative estimate of drug-likeness (QED) is 0.568. The fourth-order valence-electron chi connectivity index (χ4n) is 2.45. The monoisotopic (exact) mass is 472 g/mol. The van der Waals surface area contributed by atoms with Crippen molar-refractivity contribution in [2.24, 2.45) is 0 Å². The van der Waals surface area contributed by atoms with Crippen molar-refractivity contribution in [1.29, 1.82) is 0 Å². The van der Waals surface area contributed by atoms with E-state index in [1.54, 1.807) is 32.0 Å². The van der Waals surface area contributed by atoms with Gasteiger partial charge in [0, 0.05) is 11.7 Å². The Morgan fingerprint density at radius 2 is 1.63 bits per heavy atom. The summed E-state index contributed by atoms with van der Waals surface area (Å²) in [5, 5.41) is 3.27. The first kappa shape index (κ1) is 24.1. The van der Waals surface area contributed by atoms with Crippen molar-refractivity contribution in [3.05, 3.63) is 58.1 Å². The Morgan fingerprint density at radius 3 is 2.20 bits per heavy atom. The van der Waals surface area contributed by atoms with Crippen LogP contribution in [0.15, 0.2) is 47.4 Å². The molecule has 0 aliphatic carbocycles. The number of carbonyl (C=O) groups is 2. The fraction of sp³-hybridized carbons (Fsp3) is 0.300. The van der Waals surface area contributed by atoms with Crippen molar-refractivity contribution >= 4 is 50.8 Å². The molecule has 2 rings (SSSR count). The first-order valence-corrected chi connectivity index (χ1v) is 11.3. The van der Waals surface area contributed by atoms with Gasteiger partial charge in [-0.3, -0.25) is 9.59 Å². The maximum atomic E-state index is 12.3. The van der Waals surface area contributed by atoms with Gasteiger partial charge in [-0.15, -0.1) is 0 Å². The second kappa shape index (κ2) is 10.3. The molecule has 162 valence electrons. The first-order chi connectivity index (χ1) is 14.0. The van der Waals surface area contributed by atoms with E-state index in [2.05, 4.69) is 10.0 Å². The molecule has 0 spiro atoms. The summed E-state index contributed by atoms with van der Waals surface area (Å²) in [5.41, 5.74) is 0.977. The first-order valence-electron chi connectivity index (χ1n) is 9.04. The zero-order valence-electron chi connectivity index (χ0n) is 16.6. The van der Waals surface area contributed by atoms with E-state index in [1.807, 2.05) is 0 Å². The Morgan fingerprint density at radius 1 is 1.00 bits per heavy atom. The van der Waals surface area contributed by atoms with Crippen LogP contribution < -0.4 is 10.0 Å². The Kier molecular flexibility index (Phi) is 8.25. The summed E-state index contributed by atoms with van der Waals surface area (Å²) in [6.07, 6.45) is -1.12. The molecule has 0 saturated carbocycles. The van der Waals surface area contributed by atoms with Gasteiger partial charge >= 0.3 is 5.97 Å². The van der Waals surface area contributed by atoms with Gasteiger partial charge in [-0.05, 0) is 62.7 Å². The number of esters is 1. The lowest BCUT2D eigenvalue weighted by Gasteiger charge is -2.14. The summed E-state index contributed by atoms with van der Waals surface area (Å²) < 4.78 is 31.9. The zero-order chi connectivity index (χ0) is 22.5. The molecule has 2 aromatic carbocycles. The van der Waals surface area contributed by atoms with Crippen LogP contribution in [0.4, 0.5) is 5.69 Å². The fourth-order valence-corrected chi connectivity index (χ4v) is 4.02. The van der Waals surface area contributed by atoms with E-state index >= 15 is 0 Å². The van der Waals surface area contributed by atoms with Crippen LogP contribution in [-0.2, 0) is 30.8 Å². The van der Waals surface area contributed by atoms with Gasteiger partial charge in [0.25, 0.3) is 5.91 Å². The van der Waals surface area contributed by atoms with Gasteiger partial charge in [0.1, 0.15) is 0 Å². The number of hydrogen-bond donors (Lipinski definition) is 2. The molecule has 1 amide bonds. The molecule has 2 N–H and O–H groups in total. The lowest BCUT2D eigenvalue weighted by molar-refractivity contribution is -0.152. The van der Waals surface area contributed by atoms with Gasteiger partial charge in [-0.2, -0.15) is 0 Å². The van der Waals surface area contributed by atoms with Crippen LogP contribution in [0, 0.1) is 0 Å². The third-order valence-electron chi connectivity index (χ3n) is 3.83. The number of sulfonamides is 1. The predicted molar refractivity (Wildman–Crippen MR) is 116 cm³/mol. The summed E-state index contributed by atoms with van der Waals surface area (Å²) in [7, 11) is -3.62. The number of hydrogen-bond acceptors (Lipinski definition) is 5. The van der Waals surface area contributed by atoms with Crippen LogP contribution in [0.2, 0.25) is 10.0 Å². The number of halogens is 2. The molecule has 0 aromatic heterocycles. The number of amides is 1. The highest BCUT2D eigenvalue weighted by molar-refractivity contribution is 7.89. The summed E-state index contributed by atoms with van der Waals surface area (Å²) >= 11 is 11.8. The van der Waals surface area contributed by atoms with Crippen LogP contribution in [0.25, 0.3) is 0 Å². The second-order valence-corrected chi connectivity index (χ2v) is 9.38. The Bertz CT molecular complexity index is 1020. The largest absolute Gasteiger partial charge is 0.452 e. The number of nitrogens with one attached hydrogen (secondary N) is 2. The van der Waals surface area contributed by atoms with Gasteiger partial charge in [0.05, 0.1) is 21.4 Å². The van der Waals surface area contributed by atoms with E-state index in [0.717, 1.165) is 0 Å². The minimum absolute atomic E-state index is 0.0656. The van der Waals surface area contributed by atoms with E-state index < -0.39 is 28.0 Å².